The number of hydrogen-bond acceptors (Lipinski definition) is 5. The molecule has 3 heterocycles. The number of nitrogens with zero attached hydrogens (tertiary/aromatic N) is 5. The topological polar surface area (TPSA) is 77.1 Å². The maximum atomic E-state index is 11.9. The normalized spacial score (nSPS) is 11.1. The van der Waals surface area contributed by atoms with Gasteiger partial charge in [0.05, 0.1) is 11.4 Å². The summed E-state index contributed by atoms with van der Waals surface area (Å²) in [5.41, 5.74) is 2.95. The van der Waals surface area contributed by atoms with E-state index in [9.17, 15) is 4.79 Å². The van der Waals surface area contributed by atoms with Gasteiger partial charge in [0.15, 0.2) is 10.8 Å². The van der Waals surface area contributed by atoms with Gasteiger partial charge < -0.3 is 5.32 Å². The molecule has 0 saturated heterocycles. The first-order chi connectivity index (χ1) is 11.6. The monoisotopic (exact) mass is 344 g/mol. The molecule has 3 rings (SSSR count). The average molecular weight is 344 g/mol. The maximum Gasteiger partial charge on any atom is 0.230 e. The lowest BCUT2D eigenvalue weighted by atomic mass is 10.4. The van der Waals surface area contributed by atoms with Crippen molar-refractivity contribution in [3.8, 4) is 0 Å². The third kappa shape index (κ3) is 3.94. The zero-order valence-corrected chi connectivity index (χ0v) is 14.6. The molecule has 0 bridgehead atoms. The van der Waals surface area contributed by atoms with Crippen LogP contribution in [0.15, 0.2) is 35.6 Å². The first-order valence-electron chi connectivity index (χ1n) is 7.84. The lowest BCUT2D eigenvalue weighted by Gasteiger charge is -2.06. The molecule has 0 aliphatic carbocycles. The predicted molar refractivity (Wildman–Crippen MR) is 93.0 cm³/mol. The van der Waals surface area contributed by atoms with Crippen LogP contribution in [0.5, 0.6) is 0 Å². The summed E-state index contributed by atoms with van der Waals surface area (Å²) in [5.74, 6) is 0.330. The third-order valence-electron chi connectivity index (χ3n) is 3.59. The van der Waals surface area contributed by atoms with Crippen molar-refractivity contribution in [3.63, 3.8) is 0 Å². The lowest BCUT2D eigenvalue weighted by molar-refractivity contribution is -0.118. The molecule has 1 amide bonds. The Morgan fingerprint density at radius 2 is 2.17 bits per heavy atom. The van der Waals surface area contributed by atoms with E-state index < -0.39 is 0 Å². The number of thioether (sulfide) groups is 1. The van der Waals surface area contributed by atoms with Gasteiger partial charge in [0.25, 0.3) is 0 Å². The van der Waals surface area contributed by atoms with Crippen molar-refractivity contribution in [1.29, 1.82) is 0 Å². The van der Waals surface area contributed by atoms with E-state index in [2.05, 4.69) is 26.7 Å². The van der Waals surface area contributed by atoms with Gasteiger partial charge in [-0.2, -0.15) is 5.10 Å². The van der Waals surface area contributed by atoms with Crippen LogP contribution in [-0.4, -0.2) is 42.6 Å². The van der Waals surface area contributed by atoms with Crippen molar-refractivity contribution in [3.05, 3.63) is 41.9 Å². The van der Waals surface area contributed by atoms with Crippen molar-refractivity contribution in [2.45, 2.75) is 32.0 Å². The maximum absolute atomic E-state index is 11.9. The number of aromatic nitrogens is 5. The summed E-state index contributed by atoms with van der Waals surface area (Å²) >= 11 is 1.38. The quantitative estimate of drug-likeness (QED) is 0.523. The molecule has 0 aliphatic heterocycles. The summed E-state index contributed by atoms with van der Waals surface area (Å²) in [4.78, 5) is 11.9. The molecular formula is C16H20N6OS. The van der Waals surface area contributed by atoms with Crippen LogP contribution < -0.4 is 5.32 Å². The fraction of sp³-hybridized carbons (Fsp3) is 0.375. The predicted octanol–water partition coefficient (Wildman–Crippen LogP) is 1.84. The molecule has 3 aromatic heterocycles. The van der Waals surface area contributed by atoms with Gasteiger partial charge >= 0.3 is 0 Å². The van der Waals surface area contributed by atoms with Crippen molar-refractivity contribution < 1.29 is 4.79 Å². The van der Waals surface area contributed by atoms with E-state index in [1.54, 1.807) is 0 Å². The molecule has 0 saturated carbocycles. The number of fused-ring (bicyclic) bond motifs is 1. The fourth-order valence-electron chi connectivity index (χ4n) is 2.46. The molecule has 0 aliphatic rings. The Kier molecular flexibility index (Phi) is 5.14. The van der Waals surface area contributed by atoms with Crippen LogP contribution in [0.4, 0.5) is 0 Å². The van der Waals surface area contributed by atoms with Crippen molar-refractivity contribution in [1.82, 2.24) is 29.7 Å². The molecule has 3 aromatic rings. The standard InChI is InChI=1S/C16H20N6OS/c1-12-10-13(2)22(20-12)9-5-7-17-15(23)11-24-16-19-18-14-6-3-4-8-21(14)16/h3-4,6,8,10H,5,7,9,11H2,1-2H3,(H,17,23). The Hall–Kier alpha value is -2.35. The first-order valence-corrected chi connectivity index (χ1v) is 8.82. The van der Waals surface area contributed by atoms with E-state index in [0.717, 1.165) is 35.2 Å². The summed E-state index contributed by atoms with van der Waals surface area (Å²) in [6.07, 6.45) is 2.75. The minimum atomic E-state index is 0.000971. The van der Waals surface area contributed by atoms with Gasteiger partial charge in [-0.05, 0) is 38.5 Å². The van der Waals surface area contributed by atoms with Gasteiger partial charge in [-0.15, -0.1) is 10.2 Å². The summed E-state index contributed by atoms with van der Waals surface area (Å²) in [7, 11) is 0. The number of pyridine rings is 1. The van der Waals surface area contributed by atoms with Crippen molar-refractivity contribution >= 4 is 23.3 Å². The molecule has 0 radical (unpaired) electrons. The van der Waals surface area contributed by atoms with Gasteiger partial charge in [0.2, 0.25) is 5.91 Å². The van der Waals surface area contributed by atoms with Crippen LogP contribution in [0, 0.1) is 13.8 Å². The van der Waals surface area contributed by atoms with E-state index in [-0.39, 0.29) is 5.91 Å². The number of hydrogen-bond donors (Lipinski definition) is 1. The van der Waals surface area contributed by atoms with Gasteiger partial charge in [0.1, 0.15) is 0 Å². The molecule has 0 atom stereocenters. The van der Waals surface area contributed by atoms with Gasteiger partial charge in [-0.25, -0.2) is 0 Å². The van der Waals surface area contributed by atoms with E-state index in [1.807, 2.05) is 47.3 Å². The van der Waals surface area contributed by atoms with Gasteiger partial charge in [-0.1, -0.05) is 17.8 Å². The van der Waals surface area contributed by atoms with Crippen LogP contribution in [0.1, 0.15) is 17.8 Å². The molecule has 0 unspecified atom stereocenters. The highest BCUT2D eigenvalue weighted by Gasteiger charge is 2.08. The van der Waals surface area contributed by atoms with Crippen LogP contribution in [0.25, 0.3) is 5.65 Å². The highest BCUT2D eigenvalue weighted by atomic mass is 32.2. The van der Waals surface area contributed by atoms with Crippen LogP contribution in [0.3, 0.4) is 0 Å². The third-order valence-corrected chi connectivity index (χ3v) is 4.53. The van der Waals surface area contributed by atoms with Gasteiger partial charge in [-0.3, -0.25) is 13.9 Å². The fourth-order valence-corrected chi connectivity index (χ4v) is 3.21. The lowest BCUT2D eigenvalue weighted by Crippen LogP contribution is -2.27. The smallest absolute Gasteiger partial charge is 0.230 e. The Morgan fingerprint density at radius 1 is 1.29 bits per heavy atom. The Balaban J connectivity index is 1.41. The zero-order valence-electron chi connectivity index (χ0n) is 13.8. The van der Waals surface area contributed by atoms with E-state index in [0.29, 0.717) is 12.3 Å². The Labute approximate surface area is 144 Å². The molecule has 126 valence electrons. The molecule has 0 spiro atoms. The van der Waals surface area contributed by atoms with Gasteiger partial charge in [0, 0.05) is 25.0 Å². The number of amides is 1. The molecule has 8 heteroatoms. The highest BCUT2D eigenvalue weighted by molar-refractivity contribution is 7.99. The SMILES string of the molecule is Cc1cc(C)n(CCCNC(=O)CSc2nnc3ccccn23)n1. The molecule has 24 heavy (non-hydrogen) atoms. The number of aryl methyl sites for hydroxylation is 3. The average Bonchev–Trinajstić information content (AvgIpc) is 3.12. The van der Waals surface area contributed by atoms with E-state index >= 15 is 0 Å². The van der Waals surface area contributed by atoms with Crippen LogP contribution in [-0.2, 0) is 11.3 Å². The number of carbonyl (C=O) groups is 1. The van der Waals surface area contributed by atoms with Crippen LogP contribution >= 0.6 is 11.8 Å². The number of rotatable bonds is 7. The van der Waals surface area contributed by atoms with Crippen molar-refractivity contribution in [2.24, 2.45) is 0 Å². The second kappa shape index (κ2) is 7.48. The molecule has 1 N–H and O–H groups in total. The van der Waals surface area contributed by atoms with E-state index in [4.69, 9.17) is 0 Å². The zero-order chi connectivity index (χ0) is 16.9. The second-order valence-corrected chi connectivity index (χ2v) is 6.50. The van der Waals surface area contributed by atoms with Crippen LogP contribution in [0.2, 0.25) is 0 Å². The number of carbonyl (C=O) groups excluding carboxylic acids is 1. The molecule has 0 aromatic carbocycles. The molecule has 7 nitrogen and oxygen atoms in total. The van der Waals surface area contributed by atoms with Crippen molar-refractivity contribution in [2.75, 3.05) is 12.3 Å². The summed E-state index contributed by atoms with van der Waals surface area (Å²) in [6.45, 7) is 5.47. The number of nitrogens with one attached hydrogen (secondary N) is 1. The Morgan fingerprint density at radius 3 is 2.96 bits per heavy atom. The first kappa shape index (κ1) is 16.5. The summed E-state index contributed by atoms with van der Waals surface area (Å²) in [6, 6.07) is 7.77. The minimum Gasteiger partial charge on any atom is -0.355 e. The summed E-state index contributed by atoms with van der Waals surface area (Å²) < 4.78 is 3.85. The Bertz CT molecular complexity index is 840. The summed E-state index contributed by atoms with van der Waals surface area (Å²) in [5, 5.41) is 16.2. The molecular weight excluding hydrogens is 324 g/mol. The second-order valence-electron chi connectivity index (χ2n) is 5.55. The van der Waals surface area contributed by atoms with E-state index in [1.165, 1.54) is 11.8 Å². The molecule has 0 fully saturated rings. The minimum absolute atomic E-state index is 0.000971. The largest absolute Gasteiger partial charge is 0.355 e. The highest BCUT2D eigenvalue weighted by Crippen LogP contribution is 2.16.